The van der Waals surface area contributed by atoms with Crippen molar-refractivity contribution in [1.82, 2.24) is 16.0 Å². The lowest BCUT2D eigenvalue weighted by molar-refractivity contribution is -0.128. The van der Waals surface area contributed by atoms with Gasteiger partial charge in [0.2, 0.25) is 11.8 Å². The van der Waals surface area contributed by atoms with Crippen molar-refractivity contribution in [3.63, 3.8) is 0 Å². The Balaban J connectivity index is 2.10. The SMILES string of the molecule is CCCC1NC(=O)CN=C(N)CN[C@@H](C)COc2ccccc2CCCNC1=O. The van der Waals surface area contributed by atoms with E-state index in [0.717, 1.165) is 30.6 Å². The van der Waals surface area contributed by atoms with E-state index in [-0.39, 0.29) is 24.4 Å². The molecule has 0 bridgehead atoms. The van der Waals surface area contributed by atoms with Crippen LogP contribution in [0.5, 0.6) is 5.75 Å². The normalized spacial score (nSPS) is 22.8. The van der Waals surface area contributed by atoms with Crippen molar-refractivity contribution in [2.45, 2.75) is 51.6 Å². The van der Waals surface area contributed by atoms with E-state index in [2.05, 4.69) is 20.9 Å². The van der Waals surface area contributed by atoms with Gasteiger partial charge in [-0.2, -0.15) is 0 Å². The summed E-state index contributed by atoms with van der Waals surface area (Å²) in [6, 6.07) is 7.44. The number of nitrogens with zero attached hydrogens (tertiary/aromatic N) is 1. The summed E-state index contributed by atoms with van der Waals surface area (Å²) in [5, 5.41) is 8.93. The Kier molecular flexibility index (Phi) is 9.43. The van der Waals surface area contributed by atoms with E-state index in [1.165, 1.54) is 0 Å². The number of hydrogen-bond donors (Lipinski definition) is 4. The van der Waals surface area contributed by atoms with Gasteiger partial charge in [0.1, 0.15) is 30.8 Å². The molecule has 0 aliphatic carbocycles. The summed E-state index contributed by atoms with van der Waals surface area (Å²) in [5.74, 6) is 0.711. The molecule has 0 saturated heterocycles. The largest absolute Gasteiger partial charge is 0.492 e. The molecule has 2 rings (SSSR count). The van der Waals surface area contributed by atoms with Crippen molar-refractivity contribution in [1.29, 1.82) is 0 Å². The van der Waals surface area contributed by atoms with E-state index in [9.17, 15) is 9.59 Å². The van der Waals surface area contributed by atoms with Gasteiger partial charge in [-0.05, 0) is 37.8 Å². The van der Waals surface area contributed by atoms with Crippen LogP contribution in [0.25, 0.3) is 0 Å². The minimum atomic E-state index is -0.559. The molecule has 1 unspecified atom stereocenters. The molecule has 5 N–H and O–H groups in total. The number of amidine groups is 1. The Bertz CT molecular complexity index is 707. The summed E-state index contributed by atoms with van der Waals surface area (Å²) < 4.78 is 5.97. The maximum Gasteiger partial charge on any atom is 0.242 e. The highest BCUT2D eigenvalue weighted by atomic mass is 16.5. The van der Waals surface area contributed by atoms with Gasteiger partial charge in [-0.1, -0.05) is 31.5 Å². The zero-order valence-corrected chi connectivity index (χ0v) is 17.4. The van der Waals surface area contributed by atoms with Gasteiger partial charge in [-0.15, -0.1) is 0 Å². The number of amides is 2. The van der Waals surface area contributed by atoms with Crippen LogP contribution in [0.1, 0.15) is 38.7 Å². The Labute approximate surface area is 172 Å². The number of nitrogens with one attached hydrogen (secondary N) is 3. The number of benzene rings is 1. The molecule has 29 heavy (non-hydrogen) atoms. The molecule has 0 spiro atoms. The van der Waals surface area contributed by atoms with E-state index in [1.54, 1.807) is 0 Å². The van der Waals surface area contributed by atoms with E-state index >= 15 is 0 Å². The zero-order chi connectivity index (χ0) is 21.1. The van der Waals surface area contributed by atoms with Crippen LogP contribution in [-0.4, -0.2) is 56.0 Å². The number of hydrogen-bond acceptors (Lipinski definition) is 6. The highest BCUT2D eigenvalue weighted by Crippen LogP contribution is 2.19. The Hall–Kier alpha value is -2.61. The van der Waals surface area contributed by atoms with Gasteiger partial charge in [0.05, 0.1) is 6.54 Å². The van der Waals surface area contributed by atoms with E-state index < -0.39 is 6.04 Å². The zero-order valence-electron chi connectivity index (χ0n) is 17.4. The second kappa shape index (κ2) is 12.1. The molecule has 0 saturated carbocycles. The molecule has 1 aromatic rings. The molecule has 1 heterocycles. The first-order valence-corrected chi connectivity index (χ1v) is 10.3. The fraction of sp³-hybridized carbons (Fsp3) is 0.571. The second-order valence-electron chi connectivity index (χ2n) is 7.31. The number of aryl methyl sites for hydroxylation is 1. The average molecular weight is 404 g/mol. The standard InChI is InChI=1S/C21H33N5O3/c1-3-7-17-21(28)23-11-6-9-16-8-4-5-10-18(16)29-14-15(2)24-12-19(22)25-13-20(27)26-17/h4-5,8,10,15,17,24H,3,6-7,9,11-14H2,1-2H3,(H2,22,25)(H,23,28)(H,26,27)/t15-,17?/m0/s1. The van der Waals surface area contributed by atoms with Crippen LogP contribution in [0.15, 0.2) is 29.3 Å². The van der Waals surface area contributed by atoms with Crippen molar-refractivity contribution in [2.24, 2.45) is 10.7 Å². The molecule has 0 fully saturated rings. The van der Waals surface area contributed by atoms with Crippen molar-refractivity contribution in [3.05, 3.63) is 29.8 Å². The molecule has 1 aliphatic heterocycles. The van der Waals surface area contributed by atoms with E-state index in [4.69, 9.17) is 10.5 Å². The first-order chi connectivity index (χ1) is 14.0. The average Bonchev–Trinajstić information content (AvgIpc) is 2.71. The van der Waals surface area contributed by atoms with Crippen LogP contribution in [0.2, 0.25) is 0 Å². The van der Waals surface area contributed by atoms with Gasteiger partial charge in [0, 0.05) is 12.6 Å². The van der Waals surface area contributed by atoms with Crippen molar-refractivity contribution in [2.75, 3.05) is 26.2 Å². The van der Waals surface area contributed by atoms with Crippen LogP contribution < -0.4 is 26.4 Å². The van der Waals surface area contributed by atoms with Crippen LogP contribution in [0, 0.1) is 0 Å². The predicted molar refractivity (Wildman–Crippen MR) is 114 cm³/mol. The Morgan fingerprint density at radius 1 is 1.28 bits per heavy atom. The third kappa shape index (κ3) is 8.11. The topological polar surface area (TPSA) is 118 Å². The summed E-state index contributed by atoms with van der Waals surface area (Å²) in [5.41, 5.74) is 7.00. The lowest BCUT2D eigenvalue weighted by Gasteiger charge is -2.19. The monoisotopic (exact) mass is 403 g/mol. The second-order valence-corrected chi connectivity index (χ2v) is 7.31. The fourth-order valence-electron chi connectivity index (χ4n) is 3.04. The number of rotatable bonds is 2. The number of aliphatic imine (C=N–C) groups is 1. The summed E-state index contributed by atoms with van der Waals surface area (Å²) >= 11 is 0. The number of nitrogens with two attached hydrogens (primary N) is 1. The molecule has 2 amide bonds. The van der Waals surface area contributed by atoms with Crippen LogP contribution in [-0.2, 0) is 16.0 Å². The number of carbonyl (C=O) groups is 2. The highest BCUT2D eigenvalue weighted by molar-refractivity contribution is 5.90. The summed E-state index contributed by atoms with van der Waals surface area (Å²) in [4.78, 5) is 28.7. The smallest absolute Gasteiger partial charge is 0.242 e. The molecule has 0 radical (unpaired) electrons. The third-order valence-electron chi connectivity index (χ3n) is 4.67. The molecule has 2 atom stereocenters. The molecule has 1 aromatic carbocycles. The number of ether oxygens (including phenoxy) is 1. The maximum atomic E-state index is 12.5. The fourth-order valence-corrected chi connectivity index (χ4v) is 3.04. The quantitative estimate of drug-likeness (QED) is 0.581. The minimum Gasteiger partial charge on any atom is -0.492 e. The third-order valence-corrected chi connectivity index (χ3v) is 4.67. The van der Waals surface area contributed by atoms with Crippen LogP contribution in [0.4, 0.5) is 0 Å². The van der Waals surface area contributed by atoms with Gasteiger partial charge in [0.25, 0.3) is 0 Å². The molecule has 160 valence electrons. The van der Waals surface area contributed by atoms with Crippen molar-refractivity contribution < 1.29 is 14.3 Å². The Morgan fingerprint density at radius 3 is 2.86 bits per heavy atom. The van der Waals surface area contributed by atoms with Gasteiger partial charge in [-0.3, -0.25) is 14.6 Å². The lowest BCUT2D eigenvalue weighted by atomic mass is 10.1. The number of fused-ring (bicyclic) bond motifs is 1. The van der Waals surface area contributed by atoms with Gasteiger partial charge < -0.3 is 26.4 Å². The van der Waals surface area contributed by atoms with Crippen molar-refractivity contribution in [3.8, 4) is 5.75 Å². The molecular weight excluding hydrogens is 370 g/mol. The summed E-state index contributed by atoms with van der Waals surface area (Å²) in [6.45, 7) is 5.26. The molecule has 0 aromatic heterocycles. The molecule has 8 nitrogen and oxygen atoms in total. The summed E-state index contributed by atoms with van der Waals surface area (Å²) in [6.07, 6.45) is 2.94. The van der Waals surface area contributed by atoms with Crippen molar-refractivity contribution >= 4 is 17.6 Å². The number of carbonyl (C=O) groups excluding carboxylic acids is 2. The first kappa shape index (κ1) is 22.7. The van der Waals surface area contributed by atoms with E-state index in [1.807, 2.05) is 38.1 Å². The Morgan fingerprint density at radius 2 is 2.07 bits per heavy atom. The highest BCUT2D eigenvalue weighted by Gasteiger charge is 2.19. The van der Waals surface area contributed by atoms with Gasteiger partial charge >= 0.3 is 0 Å². The molecule has 8 heteroatoms. The van der Waals surface area contributed by atoms with Crippen LogP contribution in [0.3, 0.4) is 0 Å². The predicted octanol–water partition coefficient (Wildman–Crippen LogP) is 0.748. The minimum absolute atomic E-state index is 0.0674. The first-order valence-electron chi connectivity index (χ1n) is 10.3. The molecule has 1 aliphatic rings. The van der Waals surface area contributed by atoms with Gasteiger partial charge in [0.15, 0.2) is 0 Å². The lowest BCUT2D eigenvalue weighted by Crippen LogP contribution is -2.47. The van der Waals surface area contributed by atoms with Crippen LogP contribution >= 0.6 is 0 Å². The molecular formula is C21H33N5O3. The summed E-state index contributed by atoms with van der Waals surface area (Å²) in [7, 11) is 0. The van der Waals surface area contributed by atoms with Gasteiger partial charge in [-0.25, -0.2) is 0 Å². The maximum absolute atomic E-state index is 12.5. The number of para-hydroxylation sites is 1. The van der Waals surface area contributed by atoms with E-state index in [0.29, 0.717) is 32.0 Å².